The van der Waals surface area contributed by atoms with Crippen LogP contribution >= 0.6 is 0 Å². The fourth-order valence-electron chi connectivity index (χ4n) is 4.76. The minimum atomic E-state index is 0.985. The highest BCUT2D eigenvalue weighted by Gasteiger charge is 2.15. The minimum absolute atomic E-state index is 0.985. The Morgan fingerprint density at radius 2 is 1.31 bits per heavy atom. The van der Waals surface area contributed by atoms with Gasteiger partial charge in [-0.3, -0.25) is 0 Å². The quantitative estimate of drug-likeness (QED) is 0.226. The second-order valence-corrected chi connectivity index (χ2v) is 7.59. The second-order valence-electron chi connectivity index (χ2n) is 7.59. The third-order valence-corrected chi connectivity index (χ3v) is 6.04. The van der Waals surface area contributed by atoms with Crippen molar-refractivity contribution in [2.24, 2.45) is 0 Å². The van der Waals surface area contributed by atoms with Crippen LogP contribution in [0.5, 0.6) is 0 Å². The summed E-state index contributed by atoms with van der Waals surface area (Å²) in [5.41, 5.74) is 4.43. The van der Waals surface area contributed by atoms with Crippen molar-refractivity contribution >= 4 is 59.8 Å². The normalized spacial score (nSPS) is 12.1. The number of hydrogen-bond acceptors (Lipinski definition) is 2. The maximum atomic E-state index is 4.70. The topological polar surface area (TPSA) is 30.2 Å². The van der Waals surface area contributed by atoms with Crippen molar-refractivity contribution in [1.82, 2.24) is 14.4 Å². The summed E-state index contributed by atoms with van der Waals surface area (Å²) >= 11 is 0. The summed E-state index contributed by atoms with van der Waals surface area (Å²) in [7, 11) is 0. The maximum absolute atomic E-state index is 4.70. The van der Waals surface area contributed by atoms with Gasteiger partial charge in [0.05, 0.1) is 28.3 Å². The Labute approximate surface area is 165 Å². The third-order valence-electron chi connectivity index (χ3n) is 6.04. The monoisotopic (exact) mass is 369 g/mol. The van der Waals surface area contributed by atoms with Crippen LogP contribution in [0.15, 0.2) is 91.4 Å². The van der Waals surface area contributed by atoms with Gasteiger partial charge in [-0.15, -0.1) is 0 Å². The van der Waals surface area contributed by atoms with E-state index < -0.39 is 0 Å². The fraction of sp³-hybridized carbons (Fsp3) is 0. The van der Waals surface area contributed by atoms with Crippen LogP contribution in [0, 0.1) is 0 Å². The van der Waals surface area contributed by atoms with Crippen molar-refractivity contribution < 1.29 is 0 Å². The molecule has 0 bridgehead atoms. The lowest BCUT2D eigenvalue weighted by atomic mass is 10.0. The summed E-state index contributed by atoms with van der Waals surface area (Å²) in [5, 5.41) is 8.57. The van der Waals surface area contributed by atoms with E-state index in [-0.39, 0.29) is 0 Å². The van der Waals surface area contributed by atoms with Gasteiger partial charge in [0.2, 0.25) is 0 Å². The van der Waals surface area contributed by atoms with Crippen LogP contribution in [0.25, 0.3) is 59.8 Å². The van der Waals surface area contributed by atoms with E-state index in [2.05, 4.69) is 88.2 Å². The minimum Gasteiger partial charge on any atom is -0.305 e. The lowest BCUT2D eigenvalue weighted by Gasteiger charge is -2.11. The average molecular weight is 369 g/mol. The van der Waals surface area contributed by atoms with Gasteiger partial charge in [0.1, 0.15) is 6.33 Å². The molecule has 0 atom stereocenters. The van der Waals surface area contributed by atoms with Crippen molar-refractivity contribution in [2.45, 2.75) is 0 Å². The molecule has 0 saturated heterocycles. The van der Waals surface area contributed by atoms with E-state index in [1.807, 2.05) is 6.20 Å². The molecule has 0 radical (unpaired) electrons. The molecule has 3 nitrogen and oxygen atoms in total. The number of hydrogen-bond donors (Lipinski definition) is 0. The van der Waals surface area contributed by atoms with Crippen molar-refractivity contribution in [3.8, 4) is 0 Å². The zero-order chi connectivity index (χ0) is 18.9. The molecule has 3 heteroatoms. The molecule has 4 aromatic carbocycles. The number of nitrogens with zero attached hydrogens (tertiary/aromatic N) is 3. The Balaban J connectivity index is 1.86. The molecule has 0 saturated carbocycles. The molecule has 0 spiro atoms. The maximum Gasteiger partial charge on any atom is 0.116 e. The Hall–Kier alpha value is -3.98. The van der Waals surface area contributed by atoms with Crippen molar-refractivity contribution in [2.75, 3.05) is 0 Å². The molecule has 7 rings (SSSR count). The zero-order valence-electron chi connectivity index (χ0n) is 15.5. The van der Waals surface area contributed by atoms with E-state index in [0.29, 0.717) is 0 Å². The number of benzene rings is 4. The molecule has 0 amide bonds. The average Bonchev–Trinajstić information content (AvgIpc) is 3.19. The third kappa shape index (κ3) is 1.91. The van der Waals surface area contributed by atoms with Crippen LogP contribution in [0.3, 0.4) is 0 Å². The van der Waals surface area contributed by atoms with Gasteiger partial charge in [-0.2, -0.15) is 0 Å². The molecule has 0 fully saturated rings. The smallest absolute Gasteiger partial charge is 0.116 e. The van der Waals surface area contributed by atoms with E-state index >= 15 is 0 Å². The molecule has 29 heavy (non-hydrogen) atoms. The zero-order valence-corrected chi connectivity index (χ0v) is 15.5. The van der Waals surface area contributed by atoms with Gasteiger partial charge in [0.15, 0.2) is 0 Å². The molecule has 0 aliphatic heterocycles. The van der Waals surface area contributed by atoms with Crippen LogP contribution in [-0.2, 0) is 0 Å². The summed E-state index contributed by atoms with van der Waals surface area (Å²) in [6.07, 6.45) is 3.58. The van der Waals surface area contributed by atoms with E-state index in [1.54, 1.807) is 6.33 Å². The fourth-order valence-corrected chi connectivity index (χ4v) is 4.76. The lowest BCUT2D eigenvalue weighted by molar-refractivity contribution is 1.19. The highest BCUT2D eigenvalue weighted by Crippen LogP contribution is 2.37. The van der Waals surface area contributed by atoms with Gasteiger partial charge in [-0.1, -0.05) is 60.7 Å². The van der Waals surface area contributed by atoms with Crippen LogP contribution in [0.4, 0.5) is 0 Å². The molecule has 0 unspecified atom stereocenters. The predicted octanol–water partition coefficient (Wildman–Crippen LogP) is 6.50. The Kier molecular flexibility index (Phi) is 2.74. The molecule has 3 aromatic heterocycles. The largest absolute Gasteiger partial charge is 0.305 e. The number of fused-ring (bicyclic) bond motifs is 11. The molecule has 0 N–H and O–H groups in total. The first kappa shape index (κ1) is 15.0. The van der Waals surface area contributed by atoms with E-state index in [4.69, 9.17) is 4.98 Å². The van der Waals surface area contributed by atoms with Gasteiger partial charge in [0, 0.05) is 21.5 Å². The van der Waals surface area contributed by atoms with Gasteiger partial charge in [-0.05, 0) is 34.4 Å². The first-order chi connectivity index (χ1) is 14.4. The van der Waals surface area contributed by atoms with Gasteiger partial charge in [0.25, 0.3) is 0 Å². The van der Waals surface area contributed by atoms with Crippen molar-refractivity contribution in [3.63, 3.8) is 0 Å². The van der Waals surface area contributed by atoms with E-state index in [0.717, 1.165) is 11.0 Å². The highest BCUT2D eigenvalue weighted by molar-refractivity contribution is 6.20. The van der Waals surface area contributed by atoms with Crippen LogP contribution in [0.2, 0.25) is 0 Å². The van der Waals surface area contributed by atoms with Gasteiger partial charge in [-0.25, -0.2) is 9.97 Å². The Morgan fingerprint density at radius 1 is 0.586 bits per heavy atom. The second kappa shape index (κ2) is 5.30. The Bertz CT molecular complexity index is 1760. The molecular formula is C26H15N3. The van der Waals surface area contributed by atoms with Gasteiger partial charge < -0.3 is 4.40 Å². The Morgan fingerprint density at radius 3 is 2.17 bits per heavy atom. The molecule has 3 heterocycles. The molecule has 7 aromatic rings. The molecule has 0 aliphatic rings. The van der Waals surface area contributed by atoms with Crippen LogP contribution in [0.1, 0.15) is 0 Å². The number of aromatic nitrogens is 3. The predicted molar refractivity (Wildman–Crippen MR) is 121 cm³/mol. The molecular weight excluding hydrogens is 354 g/mol. The summed E-state index contributed by atoms with van der Waals surface area (Å²) in [5.74, 6) is 0. The summed E-state index contributed by atoms with van der Waals surface area (Å²) in [4.78, 5) is 9.07. The van der Waals surface area contributed by atoms with Crippen molar-refractivity contribution in [3.05, 3.63) is 91.4 Å². The molecule has 0 aliphatic carbocycles. The first-order valence-electron chi connectivity index (χ1n) is 9.76. The first-order valence-corrected chi connectivity index (χ1v) is 9.76. The standard InChI is InChI=1S/C26H15N3/c1-2-7-18-12-22-21(11-17(18)6-1)23-13-19-10-9-16-5-3-4-8-20(16)26(19)29(23)24-14-27-15-28-25(22)24/h1-15H. The number of rotatable bonds is 0. The SMILES string of the molecule is c1ccc2cc3c(cc2c1)c1ncncc1n1c3cc2ccc3ccccc3c21. The number of pyridine rings is 1. The van der Waals surface area contributed by atoms with Gasteiger partial charge >= 0.3 is 0 Å². The van der Waals surface area contributed by atoms with E-state index in [1.165, 1.54) is 48.7 Å². The van der Waals surface area contributed by atoms with Crippen LogP contribution < -0.4 is 0 Å². The summed E-state index contributed by atoms with van der Waals surface area (Å²) < 4.78 is 2.34. The van der Waals surface area contributed by atoms with E-state index in [9.17, 15) is 0 Å². The summed E-state index contributed by atoms with van der Waals surface area (Å²) in [6.45, 7) is 0. The van der Waals surface area contributed by atoms with Crippen molar-refractivity contribution in [1.29, 1.82) is 0 Å². The van der Waals surface area contributed by atoms with Crippen LogP contribution in [-0.4, -0.2) is 14.4 Å². The summed E-state index contributed by atoms with van der Waals surface area (Å²) in [6, 6.07) is 28.3. The highest BCUT2D eigenvalue weighted by atomic mass is 14.9. The lowest BCUT2D eigenvalue weighted by Crippen LogP contribution is -1.94. The molecule has 134 valence electrons.